The zero-order valence-corrected chi connectivity index (χ0v) is 16.7. The average molecular weight is 406 g/mol. The Morgan fingerprint density at radius 2 is 1.64 bits per heavy atom. The van der Waals surface area contributed by atoms with E-state index in [2.05, 4.69) is 16.7 Å². The van der Waals surface area contributed by atoms with E-state index in [9.17, 15) is 17.2 Å². The predicted molar refractivity (Wildman–Crippen MR) is 104 cm³/mol. The van der Waals surface area contributed by atoms with Crippen molar-refractivity contribution in [3.8, 4) is 0 Å². The quantitative estimate of drug-likeness (QED) is 0.777. The van der Waals surface area contributed by atoms with E-state index in [1.165, 1.54) is 0 Å². The van der Waals surface area contributed by atoms with Crippen molar-refractivity contribution in [3.63, 3.8) is 0 Å². The summed E-state index contributed by atoms with van der Waals surface area (Å²) in [5, 5.41) is 0. The van der Waals surface area contributed by atoms with Crippen molar-refractivity contribution in [2.75, 3.05) is 31.1 Å². The molecule has 0 amide bonds. The molecule has 0 spiro atoms. The molecule has 2 aliphatic rings. The molecule has 150 valence electrons. The van der Waals surface area contributed by atoms with Crippen molar-refractivity contribution in [1.82, 2.24) is 4.90 Å². The number of hydrogen-bond donors (Lipinski definition) is 0. The van der Waals surface area contributed by atoms with E-state index in [1.807, 2.05) is 6.07 Å². The number of anilines is 1. The highest BCUT2D eigenvalue weighted by molar-refractivity contribution is 7.91. The Hall–Kier alpha value is -1.99. The van der Waals surface area contributed by atoms with Crippen LogP contribution in [0.4, 0.5) is 14.5 Å². The van der Waals surface area contributed by atoms with Crippen molar-refractivity contribution >= 4 is 15.5 Å². The number of hydrogen-bond acceptors (Lipinski definition) is 4. The molecule has 4 nitrogen and oxygen atoms in total. The smallest absolute Gasteiger partial charge is 0.206 e. The number of sulfone groups is 1. The molecule has 2 heterocycles. The van der Waals surface area contributed by atoms with Crippen molar-refractivity contribution in [3.05, 3.63) is 53.6 Å². The van der Waals surface area contributed by atoms with Gasteiger partial charge in [-0.3, -0.25) is 0 Å². The van der Waals surface area contributed by atoms with Crippen LogP contribution in [0.25, 0.3) is 0 Å². The Morgan fingerprint density at radius 3 is 2.29 bits per heavy atom. The number of piperidine rings is 1. The molecule has 2 aromatic carbocycles. The lowest BCUT2D eigenvalue weighted by Gasteiger charge is -2.37. The Bertz CT molecular complexity index is 966. The minimum atomic E-state index is -3.96. The third-order valence-electron chi connectivity index (χ3n) is 5.88. The van der Waals surface area contributed by atoms with Gasteiger partial charge in [0.25, 0.3) is 0 Å². The number of likely N-dealkylation sites (tertiary alicyclic amines) is 1. The number of fused-ring (bicyclic) bond motifs is 1. The van der Waals surface area contributed by atoms with Gasteiger partial charge in [-0.2, -0.15) is 0 Å². The van der Waals surface area contributed by atoms with Gasteiger partial charge in [0, 0.05) is 37.4 Å². The van der Waals surface area contributed by atoms with Crippen LogP contribution < -0.4 is 4.90 Å². The Morgan fingerprint density at radius 1 is 0.964 bits per heavy atom. The molecule has 2 aromatic rings. The van der Waals surface area contributed by atoms with E-state index in [0.717, 1.165) is 68.8 Å². The van der Waals surface area contributed by atoms with Crippen LogP contribution in [0.5, 0.6) is 0 Å². The molecule has 0 aromatic heterocycles. The van der Waals surface area contributed by atoms with Crippen molar-refractivity contribution in [2.45, 2.75) is 42.0 Å². The van der Waals surface area contributed by atoms with Gasteiger partial charge in [0.15, 0.2) is 0 Å². The van der Waals surface area contributed by atoms with E-state index in [-0.39, 0.29) is 9.79 Å². The third kappa shape index (κ3) is 3.53. The summed E-state index contributed by atoms with van der Waals surface area (Å²) in [6, 6.07) is 7.92. The second kappa shape index (κ2) is 7.44. The first-order valence-electron chi connectivity index (χ1n) is 9.71. The summed E-state index contributed by atoms with van der Waals surface area (Å²) in [4.78, 5) is 4.56. The summed E-state index contributed by atoms with van der Waals surface area (Å²) in [5.74, 6) is -1.80. The molecule has 0 saturated carbocycles. The lowest BCUT2D eigenvalue weighted by Crippen LogP contribution is -2.44. The van der Waals surface area contributed by atoms with Crippen LogP contribution in [-0.4, -0.2) is 45.5 Å². The Balaban J connectivity index is 1.60. The van der Waals surface area contributed by atoms with Gasteiger partial charge in [0.05, 0.1) is 9.79 Å². The molecule has 0 aliphatic carbocycles. The zero-order valence-electron chi connectivity index (χ0n) is 15.9. The van der Waals surface area contributed by atoms with Gasteiger partial charge in [0.2, 0.25) is 9.84 Å². The molecule has 0 atom stereocenters. The van der Waals surface area contributed by atoms with Crippen LogP contribution in [0.15, 0.2) is 46.2 Å². The fraction of sp³-hybridized carbons (Fsp3) is 0.429. The summed E-state index contributed by atoms with van der Waals surface area (Å²) < 4.78 is 52.7. The lowest BCUT2D eigenvalue weighted by atomic mass is 10.0. The Kier molecular flexibility index (Phi) is 5.14. The molecule has 1 saturated heterocycles. The van der Waals surface area contributed by atoms with Gasteiger partial charge in [0.1, 0.15) is 11.6 Å². The maximum absolute atomic E-state index is 13.5. The second-order valence-corrected chi connectivity index (χ2v) is 9.46. The van der Waals surface area contributed by atoms with Crippen molar-refractivity contribution < 1.29 is 17.2 Å². The first-order chi connectivity index (χ1) is 13.4. The molecular formula is C21H24F2N2O2S. The van der Waals surface area contributed by atoms with E-state index in [4.69, 9.17) is 0 Å². The predicted octanol–water partition coefficient (Wildman–Crippen LogP) is 3.64. The summed E-state index contributed by atoms with van der Waals surface area (Å²) in [6.07, 6.45) is 3.00. The maximum Gasteiger partial charge on any atom is 0.206 e. The Labute approximate surface area is 164 Å². The van der Waals surface area contributed by atoms with Crippen LogP contribution in [-0.2, 0) is 16.3 Å². The minimum Gasteiger partial charge on any atom is -0.368 e. The average Bonchev–Trinajstić information content (AvgIpc) is 3.10. The SMILES string of the molecule is CCN1CCC(N2CCc3cc(S(=O)(=O)c4cc(F)cc(F)c4)ccc32)CC1. The molecule has 4 rings (SSSR count). The summed E-state index contributed by atoms with van der Waals surface area (Å²) in [6.45, 7) is 6.31. The summed E-state index contributed by atoms with van der Waals surface area (Å²) in [5.41, 5.74) is 2.06. The fourth-order valence-corrected chi connectivity index (χ4v) is 5.67. The first kappa shape index (κ1) is 19.3. The molecule has 0 N–H and O–H groups in total. The molecule has 28 heavy (non-hydrogen) atoms. The number of nitrogens with zero attached hydrogens (tertiary/aromatic N) is 2. The van der Waals surface area contributed by atoms with Gasteiger partial charge < -0.3 is 9.80 Å². The molecule has 0 bridgehead atoms. The summed E-state index contributed by atoms with van der Waals surface area (Å²) >= 11 is 0. The highest BCUT2D eigenvalue weighted by Crippen LogP contribution is 2.35. The van der Waals surface area contributed by atoms with Crippen LogP contribution in [0.3, 0.4) is 0 Å². The highest BCUT2D eigenvalue weighted by atomic mass is 32.2. The molecule has 2 aliphatic heterocycles. The number of halogens is 2. The second-order valence-electron chi connectivity index (χ2n) is 7.51. The van der Waals surface area contributed by atoms with Gasteiger partial charge in [-0.15, -0.1) is 0 Å². The minimum absolute atomic E-state index is 0.0823. The van der Waals surface area contributed by atoms with E-state index >= 15 is 0 Å². The van der Waals surface area contributed by atoms with Crippen LogP contribution in [0.2, 0.25) is 0 Å². The standard InChI is InChI=1S/C21H24F2N2O2S/c1-2-24-8-6-18(7-9-24)25-10-5-15-11-19(3-4-21(15)25)28(26,27)20-13-16(22)12-17(23)14-20/h3-4,11-14,18H,2,5-10H2,1H3. The zero-order chi connectivity index (χ0) is 19.9. The van der Waals surface area contributed by atoms with E-state index < -0.39 is 21.5 Å². The maximum atomic E-state index is 13.5. The van der Waals surface area contributed by atoms with Gasteiger partial charge in [-0.25, -0.2) is 17.2 Å². The largest absolute Gasteiger partial charge is 0.368 e. The number of rotatable bonds is 4. The summed E-state index contributed by atoms with van der Waals surface area (Å²) in [7, 11) is -3.96. The lowest BCUT2D eigenvalue weighted by molar-refractivity contribution is 0.219. The molecule has 7 heteroatoms. The fourth-order valence-electron chi connectivity index (χ4n) is 4.32. The monoisotopic (exact) mass is 406 g/mol. The number of benzene rings is 2. The van der Waals surface area contributed by atoms with Gasteiger partial charge in [-0.05, 0) is 61.7 Å². The molecule has 0 unspecified atom stereocenters. The third-order valence-corrected chi connectivity index (χ3v) is 7.62. The van der Waals surface area contributed by atoms with E-state index in [0.29, 0.717) is 12.1 Å². The van der Waals surface area contributed by atoms with Crippen LogP contribution in [0.1, 0.15) is 25.3 Å². The molecule has 1 fully saturated rings. The van der Waals surface area contributed by atoms with Crippen LogP contribution >= 0.6 is 0 Å². The van der Waals surface area contributed by atoms with Gasteiger partial charge in [-0.1, -0.05) is 6.92 Å². The van der Waals surface area contributed by atoms with E-state index in [1.54, 1.807) is 12.1 Å². The van der Waals surface area contributed by atoms with Crippen LogP contribution in [0, 0.1) is 11.6 Å². The first-order valence-corrected chi connectivity index (χ1v) is 11.2. The van der Waals surface area contributed by atoms with Crippen molar-refractivity contribution in [2.24, 2.45) is 0 Å². The molecular weight excluding hydrogens is 382 g/mol. The normalized spacial score (nSPS) is 18.5. The topological polar surface area (TPSA) is 40.6 Å². The van der Waals surface area contributed by atoms with Crippen molar-refractivity contribution in [1.29, 1.82) is 0 Å². The highest BCUT2D eigenvalue weighted by Gasteiger charge is 2.30. The molecule has 0 radical (unpaired) electrons. The van der Waals surface area contributed by atoms with Gasteiger partial charge >= 0.3 is 0 Å².